The number of methoxy groups -OCH3 is 2. The Hall–Kier alpha value is -5.76. The molecule has 0 saturated heterocycles. The smallest absolute Gasteiger partial charge is 0.208 e. The summed E-state index contributed by atoms with van der Waals surface area (Å²) < 4.78 is 17.4. The number of ketones is 4. The predicted molar refractivity (Wildman–Crippen MR) is 170 cm³/mol. The third-order valence-electron chi connectivity index (χ3n) is 9.32. The molecule has 8 heteroatoms. The highest BCUT2D eigenvalue weighted by Gasteiger charge is 2.70. The van der Waals surface area contributed by atoms with Gasteiger partial charge < -0.3 is 19.3 Å². The van der Waals surface area contributed by atoms with Gasteiger partial charge in [-0.3, -0.25) is 19.2 Å². The van der Waals surface area contributed by atoms with Crippen molar-refractivity contribution in [2.75, 3.05) is 14.2 Å². The number of benzene rings is 5. The molecular weight excluding hydrogens is 584 g/mol. The van der Waals surface area contributed by atoms with Gasteiger partial charge in [0.2, 0.25) is 5.78 Å². The number of aromatic hydroxyl groups is 1. The van der Waals surface area contributed by atoms with E-state index in [1.165, 1.54) is 33.3 Å². The molecular formula is C38H28O8. The highest BCUT2D eigenvalue weighted by atomic mass is 16.5. The lowest BCUT2D eigenvalue weighted by Crippen LogP contribution is -2.68. The van der Waals surface area contributed by atoms with E-state index < -0.39 is 40.6 Å². The van der Waals surface area contributed by atoms with E-state index in [1.807, 2.05) is 0 Å². The van der Waals surface area contributed by atoms with Crippen LogP contribution in [0.3, 0.4) is 0 Å². The van der Waals surface area contributed by atoms with Crippen LogP contribution >= 0.6 is 0 Å². The summed E-state index contributed by atoms with van der Waals surface area (Å²) in [5.74, 6) is -1.75. The molecule has 5 aromatic rings. The molecule has 2 aliphatic rings. The fraction of sp³-hybridized carbons (Fsp3) is 0.158. The van der Waals surface area contributed by atoms with E-state index in [1.54, 1.807) is 84.9 Å². The molecule has 2 atom stereocenters. The van der Waals surface area contributed by atoms with Crippen molar-refractivity contribution in [3.05, 3.63) is 130 Å². The average Bonchev–Trinajstić information content (AvgIpc) is 3.10. The number of fused-ring (bicyclic) bond motifs is 5. The Labute approximate surface area is 264 Å². The Bertz CT molecular complexity index is 2150. The maximum atomic E-state index is 14.9. The average molecular weight is 613 g/mol. The minimum Gasteiger partial charge on any atom is -0.507 e. The molecule has 1 heterocycles. The van der Waals surface area contributed by atoms with Crippen molar-refractivity contribution in [1.29, 1.82) is 0 Å². The van der Waals surface area contributed by atoms with Crippen molar-refractivity contribution in [1.82, 2.24) is 0 Å². The van der Waals surface area contributed by atoms with Gasteiger partial charge in [0.15, 0.2) is 23.0 Å². The largest absolute Gasteiger partial charge is 0.507 e. The van der Waals surface area contributed by atoms with E-state index in [2.05, 4.69) is 0 Å². The Morgan fingerprint density at radius 3 is 1.96 bits per heavy atom. The van der Waals surface area contributed by atoms with Crippen LogP contribution in [0.2, 0.25) is 0 Å². The molecule has 46 heavy (non-hydrogen) atoms. The number of phenolic OH excluding ortho intramolecular Hbond substituents is 1. The van der Waals surface area contributed by atoms with Crippen molar-refractivity contribution in [3.63, 3.8) is 0 Å². The van der Waals surface area contributed by atoms with Crippen molar-refractivity contribution in [2.24, 2.45) is 5.41 Å². The van der Waals surface area contributed by atoms with Crippen LogP contribution in [-0.2, 0) is 6.42 Å². The number of hydrogen-bond donors (Lipinski definition) is 1. The molecule has 228 valence electrons. The summed E-state index contributed by atoms with van der Waals surface area (Å²) in [6.45, 7) is 1.47. The highest BCUT2D eigenvalue weighted by Crippen LogP contribution is 2.57. The third-order valence-corrected chi connectivity index (χ3v) is 9.32. The van der Waals surface area contributed by atoms with Crippen LogP contribution in [-0.4, -0.2) is 48.1 Å². The maximum Gasteiger partial charge on any atom is 0.208 e. The zero-order chi connectivity index (χ0) is 32.4. The molecule has 0 saturated carbocycles. The van der Waals surface area contributed by atoms with Gasteiger partial charge in [-0.25, -0.2) is 0 Å². The van der Waals surface area contributed by atoms with Gasteiger partial charge in [0.25, 0.3) is 0 Å². The molecule has 0 fully saturated rings. The Balaban J connectivity index is 1.56. The molecule has 8 nitrogen and oxygen atoms in total. The summed E-state index contributed by atoms with van der Waals surface area (Å²) in [6, 6.07) is 26.0. The minimum atomic E-state index is -2.14. The molecule has 2 unspecified atom stereocenters. The van der Waals surface area contributed by atoms with Gasteiger partial charge in [-0.2, -0.15) is 0 Å². The zero-order valence-electron chi connectivity index (χ0n) is 25.2. The number of Topliss-reactive ketones (excluding diaryl/α,β-unsaturated/α-hetero) is 3. The second-order valence-electron chi connectivity index (χ2n) is 11.6. The summed E-state index contributed by atoms with van der Waals surface area (Å²) in [5.41, 5.74) is -3.56. The van der Waals surface area contributed by atoms with E-state index in [0.29, 0.717) is 22.3 Å². The lowest BCUT2D eigenvalue weighted by molar-refractivity contribution is -0.0201. The lowest BCUT2D eigenvalue weighted by atomic mass is 9.54. The standard InChI is InChI=1S/C38H28O8/c1-37-35(42)27-16-6-7-17-28(27)36(43)38(37,34(41)22-11-9-13-24(19-22)45-3)20-29-30(31(39)21-10-8-12-23(18-21)44-2)32(40)25-14-4-5-15-26(25)33(29)46-37/h4-19,40H,20H2,1-3H3. The Morgan fingerprint density at radius 1 is 0.739 bits per heavy atom. The molecule has 5 aromatic carbocycles. The summed E-state index contributed by atoms with van der Waals surface area (Å²) in [6.07, 6.45) is -0.392. The predicted octanol–water partition coefficient (Wildman–Crippen LogP) is 6.44. The van der Waals surface area contributed by atoms with E-state index in [4.69, 9.17) is 14.2 Å². The first-order chi connectivity index (χ1) is 22.2. The number of ether oxygens (including phenoxy) is 3. The molecule has 1 N–H and O–H groups in total. The van der Waals surface area contributed by atoms with Crippen molar-refractivity contribution in [3.8, 4) is 23.0 Å². The second-order valence-corrected chi connectivity index (χ2v) is 11.6. The van der Waals surface area contributed by atoms with Crippen LogP contribution in [0.25, 0.3) is 10.8 Å². The van der Waals surface area contributed by atoms with Gasteiger partial charge in [-0.15, -0.1) is 0 Å². The maximum absolute atomic E-state index is 14.9. The van der Waals surface area contributed by atoms with Gasteiger partial charge in [0, 0.05) is 45.0 Å². The van der Waals surface area contributed by atoms with Gasteiger partial charge in [0.05, 0.1) is 19.8 Å². The highest BCUT2D eigenvalue weighted by molar-refractivity contribution is 6.31. The Kier molecular flexibility index (Phi) is 6.56. The summed E-state index contributed by atoms with van der Waals surface area (Å²) in [4.78, 5) is 58.6. The molecule has 1 aliphatic heterocycles. The Morgan fingerprint density at radius 2 is 1.30 bits per heavy atom. The lowest BCUT2D eigenvalue weighted by Gasteiger charge is -2.51. The van der Waals surface area contributed by atoms with Crippen LogP contribution in [0.5, 0.6) is 23.0 Å². The molecule has 1 aliphatic carbocycles. The quantitative estimate of drug-likeness (QED) is 0.172. The van der Waals surface area contributed by atoms with Gasteiger partial charge in [-0.05, 0) is 31.2 Å². The molecule has 0 amide bonds. The van der Waals surface area contributed by atoms with Crippen LogP contribution in [0, 0.1) is 5.41 Å². The fourth-order valence-electron chi connectivity index (χ4n) is 6.92. The van der Waals surface area contributed by atoms with E-state index in [-0.39, 0.29) is 44.9 Å². The monoisotopic (exact) mass is 612 g/mol. The first-order valence-electron chi connectivity index (χ1n) is 14.7. The van der Waals surface area contributed by atoms with Crippen LogP contribution < -0.4 is 14.2 Å². The normalized spacial score (nSPS) is 19.8. The molecule has 0 radical (unpaired) electrons. The second kappa shape index (κ2) is 10.4. The van der Waals surface area contributed by atoms with E-state index in [9.17, 15) is 24.3 Å². The SMILES string of the molecule is COc1cccc(C(=O)c2c3c(c4ccccc4c2O)OC2(C)C(=O)c4ccccc4C(=O)C2(C(=O)c2cccc(OC)c2)C3)c1. The summed E-state index contributed by atoms with van der Waals surface area (Å²) in [7, 11) is 2.94. The topological polar surface area (TPSA) is 116 Å². The number of carbonyl (C=O) groups is 4. The molecule has 0 bridgehead atoms. The third kappa shape index (κ3) is 3.86. The zero-order valence-corrected chi connectivity index (χ0v) is 25.2. The van der Waals surface area contributed by atoms with Crippen LogP contribution in [0.1, 0.15) is 59.5 Å². The van der Waals surface area contributed by atoms with Crippen LogP contribution in [0.4, 0.5) is 0 Å². The molecule has 0 aromatic heterocycles. The van der Waals surface area contributed by atoms with Gasteiger partial charge in [-0.1, -0.05) is 72.8 Å². The van der Waals surface area contributed by atoms with Crippen LogP contribution in [0.15, 0.2) is 97.1 Å². The van der Waals surface area contributed by atoms with Crippen molar-refractivity contribution < 1.29 is 38.5 Å². The number of rotatable bonds is 6. The summed E-state index contributed by atoms with van der Waals surface area (Å²) >= 11 is 0. The summed E-state index contributed by atoms with van der Waals surface area (Å²) in [5, 5.41) is 12.5. The van der Waals surface area contributed by atoms with Gasteiger partial charge >= 0.3 is 0 Å². The van der Waals surface area contributed by atoms with E-state index in [0.717, 1.165) is 0 Å². The number of carbonyl (C=O) groups excluding carboxylic acids is 4. The minimum absolute atomic E-state index is 0.0824. The fourth-order valence-corrected chi connectivity index (χ4v) is 6.92. The first-order valence-corrected chi connectivity index (χ1v) is 14.7. The molecule has 0 spiro atoms. The van der Waals surface area contributed by atoms with Crippen molar-refractivity contribution in [2.45, 2.75) is 18.9 Å². The van der Waals surface area contributed by atoms with E-state index >= 15 is 0 Å². The molecule has 7 rings (SSSR count). The van der Waals surface area contributed by atoms with Crippen molar-refractivity contribution >= 4 is 33.9 Å². The van der Waals surface area contributed by atoms with Gasteiger partial charge in [0.1, 0.15) is 28.4 Å². The number of phenols is 1. The number of hydrogen-bond acceptors (Lipinski definition) is 8. The first kappa shape index (κ1) is 29.0.